The summed E-state index contributed by atoms with van der Waals surface area (Å²) in [7, 11) is 0. The van der Waals surface area contributed by atoms with Crippen LogP contribution in [0.5, 0.6) is 0 Å². The minimum absolute atomic E-state index is 0.0536. The summed E-state index contributed by atoms with van der Waals surface area (Å²) in [6, 6.07) is 1.93. The zero-order valence-electron chi connectivity index (χ0n) is 13.1. The number of carbonyl (C=O) groups excluding carboxylic acids is 1. The van der Waals surface area contributed by atoms with Gasteiger partial charge < -0.3 is 4.90 Å². The van der Waals surface area contributed by atoms with Crippen molar-refractivity contribution in [2.24, 2.45) is 5.92 Å². The Morgan fingerprint density at radius 1 is 1.17 bits per heavy atom. The molecule has 2 fully saturated rings. The third-order valence-corrected chi connectivity index (χ3v) is 4.93. The van der Waals surface area contributed by atoms with Crippen molar-refractivity contribution < 1.29 is 18.0 Å². The van der Waals surface area contributed by atoms with E-state index < -0.39 is 23.4 Å². The molecule has 3 atom stereocenters. The standard InChI is InChI=1S/C16H20F3N3O/c1-8-13(9(2)21-20-8)7-22-6-10(3-15(22)23)12-4-11(17)5-14(18)16(12)19/h4-5,8-10,13,20-21H,3,6-7H2,1-2H3. The van der Waals surface area contributed by atoms with Crippen LogP contribution in [-0.4, -0.2) is 36.0 Å². The summed E-state index contributed by atoms with van der Waals surface area (Å²) < 4.78 is 40.7. The molecule has 1 aromatic carbocycles. The Bertz CT molecular complexity index is 615. The second-order valence-corrected chi connectivity index (χ2v) is 6.52. The van der Waals surface area contributed by atoms with Gasteiger partial charge in [0.2, 0.25) is 5.91 Å². The van der Waals surface area contributed by atoms with Gasteiger partial charge in [-0.3, -0.25) is 15.6 Å². The Hall–Kier alpha value is -1.60. The number of nitrogens with one attached hydrogen (secondary N) is 2. The van der Waals surface area contributed by atoms with E-state index >= 15 is 0 Å². The van der Waals surface area contributed by atoms with E-state index in [0.717, 1.165) is 6.07 Å². The van der Waals surface area contributed by atoms with Gasteiger partial charge in [0.15, 0.2) is 11.6 Å². The molecule has 126 valence electrons. The average molecular weight is 327 g/mol. The van der Waals surface area contributed by atoms with Crippen LogP contribution in [0.15, 0.2) is 12.1 Å². The number of hydrazine groups is 1. The number of rotatable bonds is 3. The minimum Gasteiger partial charge on any atom is -0.342 e. The van der Waals surface area contributed by atoms with Crippen molar-refractivity contribution in [3.8, 4) is 0 Å². The lowest BCUT2D eigenvalue weighted by atomic mass is 9.95. The van der Waals surface area contributed by atoms with Crippen LogP contribution in [0.3, 0.4) is 0 Å². The van der Waals surface area contributed by atoms with Crippen molar-refractivity contribution in [3.63, 3.8) is 0 Å². The predicted octanol–water partition coefficient (Wildman–Crippen LogP) is 1.92. The summed E-state index contributed by atoms with van der Waals surface area (Å²) >= 11 is 0. The van der Waals surface area contributed by atoms with Crippen LogP contribution >= 0.6 is 0 Å². The number of carbonyl (C=O) groups is 1. The van der Waals surface area contributed by atoms with Gasteiger partial charge in [0.05, 0.1) is 0 Å². The second-order valence-electron chi connectivity index (χ2n) is 6.52. The van der Waals surface area contributed by atoms with Crippen LogP contribution < -0.4 is 10.9 Å². The highest BCUT2D eigenvalue weighted by Crippen LogP contribution is 2.32. The highest BCUT2D eigenvalue weighted by atomic mass is 19.2. The lowest BCUT2D eigenvalue weighted by Crippen LogP contribution is -2.38. The van der Waals surface area contributed by atoms with E-state index in [9.17, 15) is 18.0 Å². The fourth-order valence-corrected chi connectivity index (χ4v) is 3.51. The van der Waals surface area contributed by atoms with E-state index in [1.165, 1.54) is 0 Å². The number of likely N-dealkylation sites (tertiary alicyclic amines) is 1. The molecule has 0 spiro atoms. The molecular formula is C16H20F3N3O. The van der Waals surface area contributed by atoms with Crippen LogP contribution in [0.1, 0.15) is 31.7 Å². The number of benzene rings is 1. The molecule has 2 saturated heterocycles. The Morgan fingerprint density at radius 3 is 2.48 bits per heavy atom. The summed E-state index contributed by atoms with van der Waals surface area (Å²) in [5.41, 5.74) is 6.20. The first-order chi connectivity index (χ1) is 10.9. The van der Waals surface area contributed by atoms with Gasteiger partial charge in [-0.15, -0.1) is 0 Å². The van der Waals surface area contributed by atoms with Gasteiger partial charge in [-0.25, -0.2) is 13.2 Å². The van der Waals surface area contributed by atoms with Crippen molar-refractivity contribution in [1.82, 2.24) is 15.8 Å². The van der Waals surface area contributed by atoms with Crippen LogP contribution in [-0.2, 0) is 4.79 Å². The number of amides is 1. The SMILES string of the molecule is CC1NNC(C)C1CN1CC(c2cc(F)cc(F)c2F)CC1=O. The lowest BCUT2D eigenvalue weighted by molar-refractivity contribution is -0.128. The fourth-order valence-electron chi connectivity index (χ4n) is 3.51. The van der Waals surface area contributed by atoms with Crippen molar-refractivity contribution in [2.75, 3.05) is 13.1 Å². The molecule has 0 aliphatic carbocycles. The maximum atomic E-state index is 13.9. The molecular weight excluding hydrogens is 307 g/mol. The van der Waals surface area contributed by atoms with Gasteiger partial charge in [-0.1, -0.05) is 0 Å². The molecule has 0 radical (unpaired) electrons. The smallest absolute Gasteiger partial charge is 0.223 e. The molecule has 2 aliphatic rings. The average Bonchev–Trinajstić information content (AvgIpc) is 3.00. The van der Waals surface area contributed by atoms with Crippen molar-refractivity contribution in [1.29, 1.82) is 0 Å². The Balaban J connectivity index is 1.75. The van der Waals surface area contributed by atoms with Gasteiger partial charge in [0, 0.05) is 49.5 Å². The molecule has 0 saturated carbocycles. The largest absolute Gasteiger partial charge is 0.342 e. The normalized spacial score (nSPS) is 31.2. The zero-order chi connectivity index (χ0) is 16.7. The Morgan fingerprint density at radius 2 is 1.83 bits per heavy atom. The number of halogens is 3. The Labute approximate surface area is 133 Å². The minimum atomic E-state index is -1.21. The van der Waals surface area contributed by atoms with Crippen LogP contribution in [0.4, 0.5) is 13.2 Å². The molecule has 3 rings (SSSR count). The molecule has 0 bridgehead atoms. The van der Waals surface area contributed by atoms with E-state index in [1.807, 2.05) is 13.8 Å². The van der Waals surface area contributed by atoms with Gasteiger partial charge in [0.25, 0.3) is 0 Å². The first kappa shape index (κ1) is 16.3. The summed E-state index contributed by atoms with van der Waals surface area (Å²) in [6.45, 7) is 4.88. The molecule has 2 N–H and O–H groups in total. The molecule has 7 heteroatoms. The van der Waals surface area contributed by atoms with Crippen LogP contribution in [0, 0.1) is 23.4 Å². The molecule has 3 unspecified atom stereocenters. The Kier molecular flexibility index (Phi) is 4.33. The molecule has 2 aliphatic heterocycles. The fraction of sp³-hybridized carbons (Fsp3) is 0.562. The summed E-state index contributed by atoms with van der Waals surface area (Å²) in [4.78, 5) is 13.9. The van der Waals surface area contributed by atoms with Crippen LogP contribution in [0.2, 0.25) is 0 Å². The first-order valence-electron chi connectivity index (χ1n) is 7.80. The summed E-state index contributed by atoms with van der Waals surface area (Å²) in [6.07, 6.45) is 0.0795. The maximum absolute atomic E-state index is 13.9. The number of nitrogens with zero attached hydrogens (tertiary/aromatic N) is 1. The molecule has 4 nitrogen and oxygen atoms in total. The van der Waals surface area contributed by atoms with Crippen molar-refractivity contribution in [3.05, 3.63) is 35.1 Å². The third kappa shape index (κ3) is 3.07. The topological polar surface area (TPSA) is 44.4 Å². The highest BCUT2D eigenvalue weighted by molar-refractivity contribution is 5.79. The highest BCUT2D eigenvalue weighted by Gasteiger charge is 2.38. The lowest BCUT2D eigenvalue weighted by Gasteiger charge is -2.25. The van der Waals surface area contributed by atoms with Gasteiger partial charge >= 0.3 is 0 Å². The molecule has 1 amide bonds. The van der Waals surface area contributed by atoms with E-state index in [4.69, 9.17) is 0 Å². The molecule has 0 aromatic heterocycles. The van der Waals surface area contributed by atoms with E-state index in [-0.39, 0.29) is 42.4 Å². The quantitative estimate of drug-likeness (QED) is 0.834. The number of hydrogen-bond donors (Lipinski definition) is 2. The van der Waals surface area contributed by atoms with E-state index in [2.05, 4.69) is 10.9 Å². The van der Waals surface area contributed by atoms with E-state index in [1.54, 1.807) is 4.90 Å². The maximum Gasteiger partial charge on any atom is 0.223 e. The third-order valence-electron chi connectivity index (χ3n) is 4.93. The van der Waals surface area contributed by atoms with Gasteiger partial charge in [-0.2, -0.15) is 0 Å². The van der Waals surface area contributed by atoms with Gasteiger partial charge in [-0.05, 0) is 25.5 Å². The molecule has 2 heterocycles. The molecule has 1 aromatic rings. The summed E-state index contributed by atoms with van der Waals surface area (Å²) in [5.74, 6) is -3.48. The summed E-state index contributed by atoms with van der Waals surface area (Å²) in [5, 5.41) is 0. The van der Waals surface area contributed by atoms with Crippen LogP contribution in [0.25, 0.3) is 0 Å². The van der Waals surface area contributed by atoms with Gasteiger partial charge in [0.1, 0.15) is 5.82 Å². The first-order valence-corrected chi connectivity index (χ1v) is 7.80. The number of hydrogen-bond acceptors (Lipinski definition) is 3. The molecule has 23 heavy (non-hydrogen) atoms. The van der Waals surface area contributed by atoms with Crippen molar-refractivity contribution >= 4 is 5.91 Å². The second kappa shape index (κ2) is 6.13. The predicted molar refractivity (Wildman–Crippen MR) is 78.9 cm³/mol. The zero-order valence-corrected chi connectivity index (χ0v) is 13.1. The van der Waals surface area contributed by atoms with Crippen molar-refractivity contribution in [2.45, 2.75) is 38.3 Å². The van der Waals surface area contributed by atoms with E-state index in [0.29, 0.717) is 12.6 Å². The monoisotopic (exact) mass is 327 g/mol.